The van der Waals surface area contributed by atoms with Gasteiger partial charge in [0.1, 0.15) is 0 Å². The zero-order valence-corrected chi connectivity index (χ0v) is 17.2. The Morgan fingerprint density at radius 1 is 1.14 bits per heavy atom. The van der Waals surface area contributed by atoms with Crippen molar-refractivity contribution < 1.29 is 4.79 Å². The Bertz CT molecular complexity index is 1040. The first-order valence-corrected chi connectivity index (χ1v) is 9.94. The molecule has 2 aromatic carbocycles. The average Bonchev–Trinajstić information content (AvgIpc) is 3.39. The molecule has 0 unspecified atom stereocenters. The van der Waals surface area contributed by atoms with Crippen molar-refractivity contribution in [3.05, 3.63) is 74.5 Å². The Balaban J connectivity index is 1.62. The van der Waals surface area contributed by atoms with E-state index in [0.717, 1.165) is 29.8 Å². The summed E-state index contributed by atoms with van der Waals surface area (Å²) in [4.78, 5) is 12.9. The maximum Gasteiger partial charge on any atom is 0.273 e. The lowest BCUT2D eigenvalue weighted by molar-refractivity contribution is 0.0961. The van der Waals surface area contributed by atoms with Crippen LogP contribution in [0.25, 0.3) is 5.69 Å². The summed E-state index contributed by atoms with van der Waals surface area (Å²) in [5.74, 6) is 0.0226. The summed E-state index contributed by atoms with van der Waals surface area (Å²) in [5, 5.41) is 5.54. The molecule has 3 aromatic rings. The van der Waals surface area contributed by atoms with Gasteiger partial charge in [0.2, 0.25) is 0 Å². The van der Waals surface area contributed by atoms with E-state index in [1.165, 1.54) is 0 Å². The normalized spacial score (nSPS) is 13.4. The third kappa shape index (κ3) is 3.70. The van der Waals surface area contributed by atoms with Crippen LogP contribution >= 0.6 is 34.8 Å². The van der Waals surface area contributed by atoms with Gasteiger partial charge in [-0.15, -0.1) is 0 Å². The molecule has 5 nitrogen and oxygen atoms in total. The van der Waals surface area contributed by atoms with Crippen molar-refractivity contribution in [1.29, 1.82) is 0 Å². The van der Waals surface area contributed by atoms with Gasteiger partial charge in [-0.05, 0) is 43.5 Å². The first-order chi connectivity index (χ1) is 13.5. The molecule has 1 fully saturated rings. The largest absolute Gasteiger partial charge is 0.295 e. The van der Waals surface area contributed by atoms with Crippen LogP contribution in [-0.2, 0) is 0 Å². The van der Waals surface area contributed by atoms with E-state index in [0.29, 0.717) is 32.2 Å². The SMILES string of the molecule is Cc1ccccc1-n1ncc(C(=O)NNc2c(Cl)cc(Cl)cc2Cl)c1C1CC1. The number of para-hydroxylation sites is 1. The molecule has 1 aliphatic carbocycles. The van der Waals surface area contributed by atoms with Crippen molar-refractivity contribution in [1.82, 2.24) is 15.2 Å². The van der Waals surface area contributed by atoms with Crippen LogP contribution in [0.4, 0.5) is 5.69 Å². The van der Waals surface area contributed by atoms with Crippen molar-refractivity contribution in [3.8, 4) is 5.69 Å². The monoisotopic (exact) mass is 434 g/mol. The van der Waals surface area contributed by atoms with Crippen molar-refractivity contribution in [2.24, 2.45) is 0 Å². The van der Waals surface area contributed by atoms with E-state index in [2.05, 4.69) is 16.0 Å². The summed E-state index contributed by atoms with van der Waals surface area (Å²) in [6, 6.07) is 11.1. The van der Waals surface area contributed by atoms with Crippen molar-refractivity contribution in [2.45, 2.75) is 25.7 Å². The minimum Gasteiger partial charge on any atom is -0.295 e. The number of halogens is 3. The number of hydrogen-bond acceptors (Lipinski definition) is 3. The van der Waals surface area contributed by atoms with E-state index in [4.69, 9.17) is 34.8 Å². The van der Waals surface area contributed by atoms with Crippen LogP contribution in [0.5, 0.6) is 0 Å². The zero-order valence-electron chi connectivity index (χ0n) is 15.0. The molecule has 0 radical (unpaired) electrons. The van der Waals surface area contributed by atoms with E-state index in [1.54, 1.807) is 18.3 Å². The van der Waals surface area contributed by atoms with Gasteiger partial charge in [-0.1, -0.05) is 53.0 Å². The first kappa shape index (κ1) is 19.1. The van der Waals surface area contributed by atoms with E-state index < -0.39 is 0 Å². The number of carbonyl (C=O) groups is 1. The Hall–Kier alpha value is -2.21. The lowest BCUT2D eigenvalue weighted by atomic mass is 10.1. The van der Waals surface area contributed by atoms with Crippen molar-refractivity contribution in [2.75, 3.05) is 5.43 Å². The number of aromatic nitrogens is 2. The molecule has 1 saturated carbocycles. The Kier molecular flexibility index (Phi) is 5.23. The van der Waals surface area contributed by atoms with Crippen LogP contribution in [0.2, 0.25) is 15.1 Å². The van der Waals surface area contributed by atoms with E-state index in [1.807, 2.05) is 35.9 Å². The molecule has 0 saturated heterocycles. The lowest BCUT2D eigenvalue weighted by Gasteiger charge is -2.13. The molecule has 4 rings (SSSR count). The molecule has 0 spiro atoms. The third-order valence-electron chi connectivity index (χ3n) is 4.67. The summed E-state index contributed by atoms with van der Waals surface area (Å²) in [5.41, 5.74) is 9.36. The first-order valence-electron chi connectivity index (χ1n) is 8.80. The number of anilines is 1. The number of benzene rings is 2. The molecule has 0 atom stereocenters. The molecule has 0 aliphatic heterocycles. The summed E-state index contributed by atoms with van der Waals surface area (Å²) in [6.07, 6.45) is 3.68. The fraction of sp³-hybridized carbons (Fsp3) is 0.200. The second-order valence-corrected chi connectivity index (χ2v) is 7.99. The van der Waals surface area contributed by atoms with E-state index in [-0.39, 0.29) is 5.91 Å². The van der Waals surface area contributed by atoms with Crippen LogP contribution in [0.1, 0.15) is 40.4 Å². The molecule has 2 N–H and O–H groups in total. The van der Waals surface area contributed by atoms with Gasteiger partial charge in [0.05, 0.1) is 38.9 Å². The van der Waals surface area contributed by atoms with E-state index in [9.17, 15) is 4.79 Å². The fourth-order valence-electron chi connectivity index (χ4n) is 3.12. The molecule has 28 heavy (non-hydrogen) atoms. The maximum absolute atomic E-state index is 12.9. The summed E-state index contributed by atoms with van der Waals surface area (Å²) in [6.45, 7) is 2.03. The molecule has 0 bridgehead atoms. The highest BCUT2D eigenvalue weighted by Crippen LogP contribution is 2.42. The minimum atomic E-state index is -0.302. The fourth-order valence-corrected chi connectivity index (χ4v) is 4.04. The summed E-state index contributed by atoms with van der Waals surface area (Å²) < 4.78 is 1.87. The number of nitrogens with zero attached hydrogens (tertiary/aromatic N) is 2. The summed E-state index contributed by atoms with van der Waals surface area (Å²) in [7, 11) is 0. The van der Waals surface area contributed by atoms with Gasteiger partial charge in [-0.2, -0.15) is 5.10 Å². The maximum atomic E-state index is 12.9. The van der Waals surface area contributed by atoms with Gasteiger partial charge in [-0.3, -0.25) is 15.6 Å². The van der Waals surface area contributed by atoms with Gasteiger partial charge in [-0.25, -0.2) is 4.68 Å². The topological polar surface area (TPSA) is 59.0 Å². The quantitative estimate of drug-likeness (QED) is 0.500. The highest BCUT2D eigenvalue weighted by atomic mass is 35.5. The number of nitrogens with one attached hydrogen (secondary N) is 2. The predicted molar refractivity (Wildman–Crippen MR) is 113 cm³/mol. The molecule has 1 aromatic heterocycles. The Morgan fingerprint density at radius 2 is 1.82 bits per heavy atom. The second-order valence-electron chi connectivity index (χ2n) is 6.74. The predicted octanol–water partition coefficient (Wildman–Crippen LogP) is 5.78. The molecular weight excluding hydrogens is 419 g/mol. The highest BCUT2D eigenvalue weighted by Gasteiger charge is 2.33. The highest BCUT2D eigenvalue weighted by molar-refractivity contribution is 6.41. The van der Waals surface area contributed by atoms with Crippen LogP contribution in [0, 0.1) is 6.92 Å². The molecule has 1 aliphatic rings. The van der Waals surface area contributed by atoms with Gasteiger partial charge < -0.3 is 0 Å². The number of amides is 1. The van der Waals surface area contributed by atoms with Crippen LogP contribution in [0.15, 0.2) is 42.6 Å². The number of hydrogen-bond donors (Lipinski definition) is 2. The van der Waals surface area contributed by atoms with Crippen LogP contribution < -0.4 is 10.9 Å². The van der Waals surface area contributed by atoms with Crippen molar-refractivity contribution >= 4 is 46.4 Å². The molecule has 144 valence electrons. The number of carbonyl (C=O) groups excluding carboxylic acids is 1. The number of hydrazine groups is 1. The standard InChI is InChI=1S/C20H17Cl3N4O/c1-11-4-2-3-5-17(11)27-19(12-6-7-12)14(10-24-27)20(28)26-25-18-15(22)8-13(21)9-16(18)23/h2-5,8-10,12,25H,6-7H2,1H3,(H,26,28). The van der Waals surface area contributed by atoms with Crippen LogP contribution in [-0.4, -0.2) is 15.7 Å². The Labute approximate surface area is 177 Å². The van der Waals surface area contributed by atoms with Gasteiger partial charge in [0, 0.05) is 10.9 Å². The average molecular weight is 436 g/mol. The van der Waals surface area contributed by atoms with Gasteiger partial charge in [0.25, 0.3) is 5.91 Å². The van der Waals surface area contributed by atoms with E-state index >= 15 is 0 Å². The molecule has 1 heterocycles. The van der Waals surface area contributed by atoms with Crippen LogP contribution in [0.3, 0.4) is 0 Å². The Morgan fingerprint density at radius 3 is 2.46 bits per heavy atom. The van der Waals surface area contributed by atoms with Crippen molar-refractivity contribution in [3.63, 3.8) is 0 Å². The van der Waals surface area contributed by atoms with Gasteiger partial charge in [0.15, 0.2) is 0 Å². The third-order valence-corrected chi connectivity index (χ3v) is 5.48. The molecule has 8 heteroatoms. The molecule has 1 amide bonds. The smallest absolute Gasteiger partial charge is 0.273 e. The van der Waals surface area contributed by atoms with Gasteiger partial charge >= 0.3 is 0 Å². The molecular formula is C20H17Cl3N4O. The summed E-state index contributed by atoms with van der Waals surface area (Å²) >= 11 is 18.2. The lowest BCUT2D eigenvalue weighted by Crippen LogP contribution is -2.30. The number of rotatable bonds is 5. The zero-order chi connectivity index (χ0) is 19.8. The second kappa shape index (κ2) is 7.66. The minimum absolute atomic E-state index is 0.302. The number of aryl methyl sites for hydroxylation is 1.